The number of carbonyl (C=O) groups excluding carboxylic acids is 3. The van der Waals surface area contributed by atoms with Crippen LogP contribution in [0.5, 0.6) is 0 Å². The first-order valence-electron chi connectivity index (χ1n) is 35.7. The van der Waals surface area contributed by atoms with Crippen molar-refractivity contribution in [1.82, 2.24) is 0 Å². The molecule has 0 saturated carbocycles. The molecule has 0 N–H and O–H groups in total. The Kier molecular flexibility index (Phi) is 67.7. The second-order valence-corrected chi connectivity index (χ2v) is 23.8. The minimum absolute atomic E-state index is 0.0878. The quantitative estimate of drug-likeness (QED) is 0.0261. The highest BCUT2D eigenvalue weighted by Crippen LogP contribution is 2.17. The summed E-state index contributed by atoms with van der Waals surface area (Å²) in [7, 11) is 0. The largest absolute Gasteiger partial charge is 0.462 e. The number of ether oxygens (including phenoxy) is 3. The highest BCUT2D eigenvalue weighted by atomic mass is 16.6. The van der Waals surface area contributed by atoms with Gasteiger partial charge < -0.3 is 14.2 Å². The van der Waals surface area contributed by atoms with Gasteiger partial charge in [0.2, 0.25) is 0 Å². The molecule has 1 unspecified atom stereocenters. The number of hydrogen-bond donors (Lipinski definition) is 0. The summed E-state index contributed by atoms with van der Waals surface area (Å²) in [5.41, 5.74) is 0. The van der Waals surface area contributed by atoms with Gasteiger partial charge >= 0.3 is 17.9 Å². The van der Waals surface area contributed by atoms with Crippen molar-refractivity contribution in [2.75, 3.05) is 13.2 Å². The van der Waals surface area contributed by atoms with Crippen LogP contribution in [-0.4, -0.2) is 37.2 Å². The highest BCUT2D eigenvalue weighted by Gasteiger charge is 2.19. The zero-order valence-electron chi connectivity index (χ0n) is 54.9. The summed E-state index contributed by atoms with van der Waals surface area (Å²) < 4.78 is 17.0. The van der Waals surface area contributed by atoms with Crippen LogP contribution >= 0.6 is 0 Å². The van der Waals surface area contributed by atoms with Gasteiger partial charge in [0.05, 0.1) is 0 Å². The molecule has 0 rings (SSSR count). The molecule has 0 aromatic heterocycles. The van der Waals surface area contributed by atoms with E-state index in [9.17, 15) is 14.4 Å². The number of unbranched alkanes of at least 4 members (excludes halogenated alkanes) is 38. The summed E-state index contributed by atoms with van der Waals surface area (Å²) >= 11 is 0. The van der Waals surface area contributed by atoms with Gasteiger partial charge in [0.15, 0.2) is 6.10 Å². The second kappa shape index (κ2) is 70.8. The van der Waals surface area contributed by atoms with Gasteiger partial charge in [-0.1, -0.05) is 311 Å². The molecular weight excluding hydrogens is 1020 g/mol. The summed E-state index contributed by atoms with van der Waals surface area (Å²) in [6.45, 7) is 6.53. The number of allylic oxidation sites excluding steroid dienone is 16. The van der Waals surface area contributed by atoms with Crippen LogP contribution in [0.2, 0.25) is 0 Å². The van der Waals surface area contributed by atoms with E-state index >= 15 is 0 Å². The topological polar surface area (TPSA) is 78.9 Å². The lowest BCUT2D eigenvalue weighted by atomic mass is 10.0. The molecule has 0 aromatic rings. The average molecular weight is 1160 g/mol. The fourth-order valence-corrected chi connectivity index (χ4v) is 10.2. The smallest absolute Gasteiger partial charge is 0.306 e. The molecule has 0 bridgehead atoms. The van der Waals surface area contributed by atoms with Crippen LogP contribution in [-0.2, 0) is 28.6 Å². The van der Waals surface area contributed by atoms with Gasteiger partial charge in [-0.25, -0.2) is 0 Å². The van der Waals surface area contributed by atoms with E-state index in [0.717, 1.165) is 103 Å². The van der Waals surface area contributed by atoms with Crippen molar-refractivity contribution in [1.29, 1.82) is 0 Å². The Hall–Kier alpha value is -3.67. The lowest BCUT2D eigenvalue weighted by molar-refractivity contribution is -0.167. The van der Waals surface area contributed by atoms with Crippen LogP contribution in [0.1, 0.15) is 355 Å². The molecule has 83 heavy (non-hydrogen) atoms. The van der Waals surface area contributed by atoms with Crippen molar-refractivity contribution in [2.45, 2.75) is 361 Å². The van der Waals surface area contributed by atoms with Crippen LogP contribution in [0, 0.1) is 0 Å². The Morgan fingerprint density at radius 1 is 0.253 bits per heavy atom. The summed E-state index contributed by atoms with van der Waals surface area (Å²) in [4.78, 5) is 38.5. The maximum absolute atomic E-state index is 13.0. The Morgan fingerprint density at radius 2 is 0.470 bits per heavy atom. The molecule has 1 atom stereocenters. The summed E-state index contributed by atoms with van der Waals surface area (Å²) in [6.07, 6.45) is 95.7. The molecule has 0 saturated heterocycles. The van der Waals surface area contributed by atoms with Gasteiger partial charge in [0, 0.05) is 19.3 Å². The molecule has 0 aromatic carbocycles. The molecule has 6 nitrogen and oxygen atoms in total. The lowest BCUT2D eigenvalue weighted by Gasteiger charge is -2.18. The maximum atomic E-state index is 13.0. The lowest BCUT2D eigenvalue weighted by Crippen LogP contribution is -2.30. The third-order valence-corrected chi connectivity index (χ3v) is 15.5. The van der Waals surface area contributed by atoms with Gasteiger partial charge in [-0.15, -0.1) is 0 Å². The van der Waals surface area contributed by atoms with E-state index in [1.165, 1.54) is 212 Å². The number of rotatable bonds is 65. The molecule has 0 heterocycles. The minimum atomic E-state index is -0.796. The van der Waals surface area contributed by atoms with Crippen LogP contribution < -0.4 is 0 Å². The van der Waals surface area contributed by atoms with E-state index in [2.05, 4.69) is 118 Å². The first kappa shape index (κ1) is 79.3. The molecule has 0 amide bonds. The predicted molar refractivity (Wildman–Crippen MR) is 362 cm³/mol. The average Bonchev–Trinajstić information content (AvgIpc) is 3.49. The zero-order chi connectivity index (χ0) is 59.9. The first-order chi connectivity index (χ1) is 41.0. The van der Waals surface area contributed by atoms with Crippen molar-refractivity contribution in [3.63, 3.8) is 0 Å². The third-order valence-electron chi connectivity index (χ3n) is 15.5. The Balaban J connectivity index is 4.39. The van der Waals surface area contributed by atoms with Crippen molar-refractivity contribution < 1.29 is 28.6 Å². The number of esters is 3. The Bertz CT molecular complexity index is 1610. The van der Waals surface area contributed by atoms with Gasteiger partial charge in [0.1, 0.15) is 13.2 Å². The van der Waals surface area contributed by atoms with Crippen molar-refractivity contribution >= 4 is 17.9 Å². The molecule has 0 aliphatic carbocycles. The van der Waals surface area contributed by atoms with E-state index in [4.69, 9.17) is 14.2 Å². The standard InChI is InChI=1S/C77H134O6/c1-4-7-10-13-16-19-22-25-28-31-34-36-37-38-39-41-43-46-49-52-55-58-61-64-67-70-76(79)82-73-74(72-81-75(78)69-66-63-60-57-54-51-48-45-42-33-30-27-24-21-18-15-12-9-6-3)83-77(80)71-68-65-62-59-56-53-50-47-44-40-35-32-29-26-23-20-17-14-11-8-5-2/h9,12,18,21-22,25,27,30-32,34-35,42,45,51,54,74H,4-8,10-11,13-17,19-20,23-24,26,28-29,33,36-41,43-44,46-50,52-53,55-73H2,1-3H3/b12-9-,21-18-,25-22-,30-27-,34-31-,35-32-,45-42-,54-51-. The summed E-state index contributed by atoms with van der Waals surface area (Å²) in [6, 6.07) is 0. The predicted octanol–water partition coefficient (Wildman–Crippen LogP) is 24.8. The van der Waals surface area contributed by atoms with Crippen molar-refractivity contribution in [3.8, 4) is 0 Å². The zero-order valence-corrected chi connectivity index (χ0v) is 54.9. The van der Waals surface area contributed by atoms with Crippen molar-refractivity contribution in [3.05, 3.63) is 97.2 Å². The first-order valence-corrected chi connectivity index (χ1v) is 35.7. The van der Waals surface area contributed by atoms with E-state index in [1.54, 1.807) is 0 Å². The monoisotopic (exact) mass is 1160 g/mol. The second-order valence-electron chi connectivity index (χ2n) is 23.8. The van der Waals surface area contributed by atoms with Gasteiger partial charge in [-0.3, -0.25) is 14.4 Å². The molecule has 0 aliphatic heterocycles. The molecule has 478 valence electrons. The van der Waals surface area contributed by atoms with E-state index in [1.807, 2.05) is 0 Å². The van der Waals surface area contributed by atoms with Gasteiger partial charge in [0.25, 0.3) is 0 Å². The van der Waals surface area contributed by atoms with E-state index < -0.39 is 6.10 Å². The molecule has 0 spiro atoms. The molecular formula is C77H134O6. The van der Waals surface area contributed by atoms with Crippen LogP contribution in [0.15, 0.2) is 97.2 Å². The highest BCUT2D eigenvalue weighted by molar-refractivity contribution is 5.71. The number of hydrogen-bond acceptors (Lipinski definition) is 6. The van der Waals surface area contributed by atoms with Crippen LogP contribution in [0.4, 0.5) is 0 Å². The Labute approximate surface area is 515 Å². The molecule has 0 radical (unpaired) electrons. The molecule has 0 aliphatic rings. The molecule has 6 heteroatoms. The molecule has 0 fully saturated rings. The third kappa shape index (κ3) is 69.0. The van der Waals surface area contributed by atoms with E-state index in [-0.39, 0.29) is 31.1 Å². The SMILES string of the molecule is CC/C=C\C/C=C\C/C=C\C/C=C\C/C=C\CCCCCC(=O)OCC(COC(=O)CCCCCCCCCCCCCCC/C=C\C/C=C\CCCCCCC)OC(=O)CCCCCCCCCCC/C=C\CCCCCCCCCC. The fraction of sp³-hybridized carbons (Fsp3) is 0.753. The normalized spacial score (nSPS) is 12.7. The Morgan fingerprint density at radius 3 is 0.759 bits per heavy atom. The van der Waals surface area contributed by atoms with Crippen molar-refractivity contribution in [2.24, 2.45) is 0 Å². The van der Waals surface area contributed by atoms with Crippen LogP contribution in [0.25, 0.3) is 0 Å². The maximum Gasteiger partial charge on any atom is 0.306 e. The fourth-order valence-electron chi connectivity index (χ4n) is 10.2. The minimum Gasteiger partial charge on any atom is -0.462 e. The van der Waals surface area contributed by atoms with Gasteiger partial charge in [-0.2, -0.15) is 0 Å². The summed E-state index contributed by atoms with van der Waals surface area (Å²) in [5.74, 6) is -0.908. The van der Waals surface area contributed by atoms with E-state index in [0.29, 0.717) is 19.3 Å². The van der Waals surface area contributed by atoms with Crippen LogP contribution in [0.3, 0.4) is 0 Å². The van der Waals surface area contributed by atoms with Gasteiger partial charge in [-0.05, 0) is 122 Å². The number of carbonyl (C=O) groups is 3. The summed E-state index contributed by atoms with van der Waals surface area (Å²) in [5, 5.41) is 0.